The van der Waals surface area contributed by atoms with Crippen LogP contribution in [0, 0.1) is 6.92 Å². The summed E-state index contributed by atoms with van der Waals surface area (Å²) in [7, 11) is -2.00. The molecule has 5 nitrogen and oxygen atoms in total. The van der Waals surface area contributed by atoms with Gasteiger partial charge in [-0.2, -0.15) is 0 Å². The Balaban J connectivity index is 2.09. The van der Waals surface area contributed by atoms with Gasteiger partial charge in [-0.05, 0) is 31.2 Å². The second kappa shape index (κ2) is 6.76. The third kappa shape index (κ3) is 3.85. The van der Waals surface area contributed by atoms with Crippen molar-refractivity contribution in [2.24, 2.45) is 17.2 Å². The Hall–Kier alpha value is -1.93. The second-order valence-electron chi connectivity index (χ2n) is 5.60. The lowest BCUT2D eigenvalue weighted by atomic mass is 10.2. The quantitative estimate of drug-likeness (QED) is 0.738. The van der Waals surface area contributed by atoms with Crippen LogP contribution < -0.4 is 9.94 Å². The first-order valence-corrected chi connectivity index (χ1v) is 10.1. The Morgan fingerprint density at radius 1 is 1.16 bits per heavy atom. The molecule has 25 heavy (non-hydrogen) atoms. The van der Waals surface area contributed by atoms with Gasteiger partial charge in [-0.15, -0.1) is 11.3 Å². The highest BCUT2D eigenvalue weighted by atomic mass is 35.5. The van der Waals surface area contributed by atoms with Crippen molar-refractivity contribution >= 4 is 38.6 Å². The highest BCUT2D eigenvalue weighted by Gasteiger charge is 2.15. The predicted molar refractivity (Wildman–Crippen MR) is 102 cm³/mol. The number of hydrogen-bond acceptors (Lipinski definition) is 4. The minimum Gasteiger partial charge on any atom is -0.320 e. The minimum absolute atomic E-state index is 0.0881. The normalized spacial score (nSPS) is 12.6. The smallest absolute Gasteiger partial charge is 0.239 e. The van der Waals surface area contributed by atoms with Gasteiger partial charge in [0, 0.05) is 18.0 Å². The Bertz CT molecular complexity index is 1100. The Kier molecular flexibility index (Phi) is 4.83. The molecule has 0 saturated carbocycles. The summed E-state index contributed by atoms with van der Waals surface area (Å²) in [5, 5.41) is 7.25. The molecule has 0 aliphatic heterocycles. The SMILES string of the molecule is Cc1ccc(/N=c2/scc(-c3ccc(Cl)c(S(N)(=O)=O)c3)n2C)cc1. The molecule has 130 valence electrons. The fraction of sp³-hybridized carbons (Fsp3) is 0.118. The summed E-state index contributed by atoms with van der Waals surface area (Å²) >= 11 is 7.42. The number of halogens is 1. The van der Waals surface area contributed by atoms with Crippen molar-refractivity contribution in [3.05, 3.63) is 63.2 Å². The summed E-state index contributed by atoms with van der Waals surface area (Å²) in [5.41, 5.74) is 3.57. The van der Waals surface area contributed by atoms with Crippen molar-refractivity contribution in [1.82, 2.24) is 4.57 Å². The third-order valence-electron chi connectivity index (χ3n) is 3.72. The Morgan fingerprint density at radius 3 is 2.48 bits per heavy atom. The van der Waals surface area contributed by atoms with Crippen molar-refractivity contribution in [2.45, 2.75) is 11.8 Å². The maximum Gasteiger partial charge on any atom is 0.239 e. The molecule has 0 aliphatic carbocycles. The van der Waals surface area contributed by atoms with Gasteiger partial charge in [0.15, 0.2) is 4.80 Å². The molecule has 0 radical (unpaired) electrons. The first-order chi connectivity index (χ1) is 11.8. The molecule has 3 aromatic rings. The zero-order chi connectivity index (χ0) is 18.2. The van der Waals surface area contributed by atoms with Gasteiger partial charge in [-0.3, -0.25) is 0 Å². The average Bonchev–Trinajstić information content (AvgIpc) is 2.90. The molecule has 0 amide bonds. The van der Waals surface area contributed by atoms with E-state index in [1.165, 1.54) is 29.0 Å². The van der Waals surface area contributed by atoms with Crippen LogP contribution in [-0.2, 0) is 17.1 Å². The van der Waals surface area contributed by atoms with E-state index in [2.05, 4.69) is 4.99 Å². The first kappa shape index (κ1) is 17.9. The summed E-state index contributed by atoms with van der Waals surface area (Å²) < 4.78 is 25.2. The van der Waals surface area contributed by atoms with E-state index in [1.54, 1.807) is 6.07 Å². The van der Waals surface area contributed by atoms with Crippen molar-refractivity contribution in [3.8, 4) is 11.3 Å². The van der Waals surface area contributed by atoms with Crippen LogP contribution in [0.4, 0.5) is 5.69 Å². The van der Waals surface area contributed by atoms with Crippen LogP contribution in [0.1, 0.15) is 5.56 Å². The lowest BCUT2D eigenvalue weighted by Crippen LogP contribution is -2.13. The molecule has 2 aromatic carbocycles. The van der Waals surface area contributed by atoms with E-state index in [0.717, 1.165) is 16.2 Å². The molecule has 1 heterocycles. The molecule has 0 atom stereocenters. The van der Waals surface area contributed by atoms with Crippen LogP contribution in [0.3, 0.4) is 0 Å². The van der Waals surface area contributed by atoms with Crippen molar-refractivity contribution in [3.63, 3.8) is 0 Å². The highest BCUT2D eigenvalue weighted by Crippen LogP contribution is 2.27. The van der Waals surface area contributed by atoms with Crippen LogP contribution in [-0.4, -0.2) is 13.0 Å². The lowest BCUT2D eigenvalue weighted by molar-refractivity contribution is 0.598. The third-order valence-corrected chi connectivity index (χ3v) is 6.03. The molecule has 3 rings (SSSR count). The summed E-state index contributed by atoms with van der Waals surface area (Å²) in [6.07, 6.45) is 0. The fourth-order valence-electron chi connectivity index (χ4n) is 2.34. The van der Waals surface area contributed by atoms with Crippen molar-refractivity contribution < 1.29 is 8.42 Å². The van der Waals surface area contributed by atoms with E-state index in [-0.39, 0.29) is 9.92 Å². The largest absolute Gasteiger partial charge is 0.320 e. The topological polar surface area (TPSA) is 77.4 Å². The summed E-state index contributed by atoms with van der Waals surface area (Å²) in [5.74, 6) is 0. The molecule has 0 aliphatic rings. The number of aromatic nitrogens is 1. The van der Waals surface area contributed by atoms with Gasteiger partial charge >= 0.3 is 0 Å². The number of nitrogens with zero attached hydrogens (tertiary/aromatic N) is 2. The van der Waals surface area contributed by atoms with Crippen LogP contribution in [0.2, 0.25) is 5.02 Å². The van der Waals surface area contributed by atoms with E-state index >= 15 is 0 Å². The van der Waals surface area contributed by atoms with Gasteiger partial charge in [0.05, 0.1) is 16.4 Å². The molecule has 0 spiro atoms. The van der Waals surface area contributed by atoms with Gasteiger partial charge in [0.2, 0.25) is 10.0 Å². The lowest BCUT2D eigenvalue weighted by Gasteiger charge is -2.07. The van der Waals surface area contributed by atoms with Gasteiger partial charge in [0.25, 0.3) is 0 Å². The number of sulfonamides is 1. The molecular formula is C17H16ClN3O2S2. The number of rotatable bonds is 3. The van der Waals surface area contributed by atoms with E-state index in [1.807, 2.05) is 48.2 Å². The van der Waals surface area contributed by atoms with E-state index in [9.17, 15) is 8.42 Å². The summed E-state index contributed by atoms with van der Waals surface area (Å²) in [6.45, 7) is 2.02. The highest BCUT2D eigenvalue weighted by molar-refractivity contribution is 7.89. The zero-order valence-electron chi connectivity index (χ0n) is 13.6. The minimum atomic E-state index is -3.88. The van der Waals surface area contributed by atoms with Gasteiger partial charge < -0.3 is 4.57 Å². The van der Waals surface area contributed by atoms with Crippen molar-refractivity contribution in [1.29, 1.82) is 0 Å². The Labute approximate surface area is 155 Å². The van der Waals surface area contributed by atoms with E-state index < -0.39 is 10.0 Å². The van der Waals surface area contributed by atoms with Crippen LogP contribution in [0.15, 0.2) is 57.7 Å². The van der Waals surface area contributed by atoms with Crippen molar-refractivity contribution in [2.75, 3.05) is 0 Å². The molecular weight excluding hydrogens is 378 g/mol. The molecule has 8 heteroatoms. The number of aryl methyl sites for hydroxylation is 1. The number of nitrogens with two attached hydrogens (primary N) is 1. The first-order valence-electron chi connectivity index (χ1n) is 7.34. The number of benzene rings is 2. The van der Waals surface area contributed by atoms with Gasteiger partial charge in [-0.25, -0.2) is 18.5 Å². The standard InChI is InChI=1S/C17H16ClN3O2S2/c1-11-3-6-13(7-4-11)20-17-21(2)15(10-24-17)12-5-8-14(18)16(9-12)25(19,22)23/h3-10H,1-2H3,(H2,19,22,23)/b20-17+. The zero-order valence-corrected chi connectivity index (χ0v) is 16.0. The predicted octanol–water partition coefficient (Wildman–Crippen LogP) is 3.60. The molecule has 0 bridgehead atoms. The maximum atomic E-state index is 11.7. The molecule has 0 fully saturated rings. The van der Waals surface area contributed by atoms with E-state index in [4.69, 9.17) is 16.7 Å². The van der Waals surface area contributed by atoms with E-state index in [0.29, 0.717) is 5.56 Å². The number of primary sulfonamides is 1. The monoisotopic (exact) mass is 393 g/mol. The summed E-state index contributed by atoms with van der Waals surface area (Å²) in [4.78, 5) is 5.34. The maximum absolute atomic E-state index is 11.7. The molecule has 0 saturated heterocycles. The number of hydrogen-bond donors (Lipinski definition) is 1. The van der Waals surface area contributed by atoms with Gasteiger partial charge in [0.1, 0.15) is 4.90 Å². The van der Waals surface area contributed by atoms with Crippen LogP contribution in [0.5, 0.6) is 0 Å². The molecule has 0 unspecified atom stereocenters. The second-order valence-corrected chi connectivity index (χ2v) is 8.37. The number of thiazole rings is 1. The van der Waals surface area contributed by atoms with Crippen LogP contribution >= 0.6 is 22.9 Å². The summed E-state index contributed by atoms with van der Waals surface area (Å²) in [6, 6.07) is 12.7. The molecule has 1 aromatic heterocycles. The van der Waals surface area contributed by atoms with Crippen LogP contribution in [0.25, 0.3) is 11.3 Å². The Morgan fingerprint density at radius 2 is 1.84 bits per heavy atom. The van der Waals surface area contributed by atoms with Gasteiger partial charge in [-0.1, -0.05) is 35.4 Å². The average molecular weight is 394 g/mol. The fourth-order valence-corrected chi connectivity index (χ4v) is 4.34. The molecule has 2 N–H and O–H groups in total.